The molecule has 2 heterocycles. The molecule has 35 heavy (non-hydrogen) atoms. The number of esters is 1. The number of rotatable bonds is 5. The van der Waals surface area contributed by atoms with E-state index in [1.807, 2.05) is 0 Å². The molecule has 1 aliphatic heterocycles. The lowest BCUT2D eigenvalue weighted by Gasteiger charge is -2.15. The Morgan fingerprint density at radius 2 is 1.60 bits per heavy atom. The molecule has 3 aromatic carbocycles. The number of nitrogens with zero attached hydrogens (tertiary/aromatic N) is 1. The number of aromatic nitrogens is 1. The van der Waals surface area contributed by atoms with Gasteiger partial charge in [0.05, 0.1) is 31.0 Å². The van der Waals surface area contributed by atoms with Crippen LogP contribution in [0.2, 0.25) is 0 Å². The molecule has 9 heteroatoms. The van der Waals surface area contributed by atoms with Crippen molar-refractivity contribution in [3.8, 4) is 22.9 Å². The molecular weight excluding hydrogens is 452 g/mol. The van der Waals surface area contributed by atoms with Crippen molar-refractivity contribution in [2.45, 2.75) is 0 Å². The molecule has 5 rings (SSSR count). The quantitative estimate of drug-likeness (QED) is 0.441. The van der Waals surface area contributed by atoms with Crippen LogP contribution in [0.3, 0.4) is 0 Å². The van der Waals surface area contributed by atoms with Gasteiger partial charge in [-0.3, -0.25) is 14.2 Å². The van der Waals surface area contributed by atoms with E-state index in [0.29, 0.717) is 33.7 Å². The number of ether oxygens (including phenoxy) is 4. The minimum atomic E-state index is -0.647. The van der Waals surface area contributed by atoms with Gasteiger partial charge >= 0.3 is 5.97 Å². The highest BCUT2D eigenvalue weighted by Crippen LogP contribution is 2.37. The minimum Gasteiger partial charge on any atom is -0.497 e. The molecule has 4 aromatic rings. The molecule has 176 valence electrons. The Hall–Kier alpha value is -4.79. The zero-order valence-electron chi connectivity index (χ0n) is 18.9. The van der Waals surface area contributed by atoms with Crippen molar-refractivity contribution >= 4 is 28.3 Å². The number of anilines is 1. The second-order valence-electron chi connectivity index (χ2n) is 7.66. The van der Waals surface area contributed by atoms with Crippen LogP contribution in [0.5, 0.6) is 17.2 Å². The average Bonchev–Trinajstić information content (AvgIpc) is 3.35. The fourth-order valence-electron chi connectivity index (χ4n) is 3.92. The molecule has 0 aliphatic carbocycles. The number of carbonyl (C=O) groups excluding carboxylic acids is 2. The zero-order chi connectivity index (χ0) is 24.5. The molecular formula is C26H20N2O7. The van der Waals surface area contributed by atoms with E-state index in [2.05, 4.69) is 5.32 Å². The molecule has 1 N–H and O–H groups in total. The Morgan fingerprint density at radius 1 is 0.914 bits per heavy atom. The van der Waals surface area contributed by atoms with E-state index in [9.17, 15) is 14.4 Å². The standard InChI is InChI=1S/C26H20N2O7/c1-32-16-9-7-15(8-10-16)28-13-20(17-5-3-4-6-18(17)25(28)30)24(29)27-21-12-23-22(34-14-35-23)11-19(21)26(31)33-2/h3-13H,14H2,1-2H3,(H,27,29). The third kappa shape index (κ3) is 3.93. The van der Waals surface area contributed by atoms with Gasteiger partial charge in [-0.05, 0) is 30.3 Å². The molecule has 0 radical (unpaired) electrons. The highest BCUT2D eigenvalue weighted by molar-refractivity contribution is 6.14. The van der Waals surface area contributed by atoms with E-state index in [0.717, 1.165) is 0 Å². The first-order valence-corrected chi connectivity index (χ1v) is 10.6. The lowest BCUT2D eigenvalue weighted by Crippen LogP contribution is -2.23. The topological polar surface area (TPSA) is 105 Å². The maximum Gasteiger partial charge on any atom is 0.340 e. The smallest absolute Gasteiger partial charge is 0.340 e. The van der Waals surface area contributed by atoms with E-state index in [4.69, 9.17) is 18.9 Å². The molecule has 0 spiro atoms. The number of pyridine rings is 1. The SMILES string of the molecule is COC(=O)c1cc2c(cc1NC(=O)c1cn(-c3ccc(OC)cc3)c(=O)c3ccccc13)OCO2. The molecule has 0 bridgehead atoms. The number of amides is 1. The van der Waals surface area contributed by atoms with Crippen molar-refractivity contribution < 1.29 is 28.5 Å². The summed E-state index contributed by atoms with van der Waals surface area (Å²) in [6, 6.07) is 16.7. The number of hydrogen-bond acceptors (Lipinski definition) is 7. The number of nitrogens with one attached hydrogen (secondary N) is 1. The zero-order valence-corrected chi connectivity index (χ0v) is 18.9. The van der Waals surface area contributed by atoms with Crippen LogP contribution in [-0.2, 0) is 4.74 Å². The van der Waals surface area contributed by atoms with Crippen LogP contribution in [0, 0.1) is 0 Å². The van der Waals surface area contributed by atoms with Crippen molar-refractivity contribution in [1.82, 2.24) is 4.57 Å². The fourth-order valence-corrected chi connectivity index (χ4v) is 3.92. The van der Waals surface area contributed by atoms with E-state index in [1.54, 1.807) is 55.6 Å². The van der Waals surface area contributed by atoms with Crippen LogP contribution in [0.1, 0.15) is 20.7 Å². The van der Waals surface area contributed by atoms with Crippen LogP contribution < -0.4 is 25.1 Å². The summed E-state index contributed by atoms with van der Waals surface area (Å²) in [5, 5.41) is 3.61. The van der Waals surface area contributed by atoms with Gasteiger partial charge in [0, 0.05) is 34.8 Å². The Labute approximate surface area is 199 Å². The molecule has 0 saturated heterocycles. The fraction of sp³-hybridized carbons (Fsp3) is 0.115. The van der Waals surface area contributed by atoms with Gasteiger partial charge in [0.25, 0.3) is 11.5 Å². The van der Waals surface area contributed by atoms with Gasteiger partial charge in [-0.2, -0.15) is 0 Å². The highest BCUT2D eigenvalue weighted by atomic mass is 16.7. The van der Waals surface area contributed by atoms with E-state index >= 15 is 0 Å². The molecule has 0 atom stereocenters. The molecule has 0 fully saturated rings. The largest absolute Gasteiger partial charge is 0.497 e. The first-order valence-electron chi connectivity index (χ1n) is 10.6. The van der Waals surface area contributed by atoms with Gasteiger partial charge in [-0.15, -0.1) is 0 Å². The van der Waals surface area contributed by atoms with Crippen LogP contribution in [0.4, 0.5) is 5.69 Å². The van der Waals surface area contributed by atoms with Gasteiger partial charge in [-0.1, -0.05) is 18.2 Å². The predicted molar refractivity (Wildman–Crippen MR) is 128 cm³/mol. The minimum absolute atomic E-state index is 0.00477. The maximum atomic E-state index is 13.5. The second kappa shape index (κ2) is 8.86. The summed E-state index contributed by atoms with van der Waals surface area (Å²) in [6.07, 6.45) is 1.48. The monoisotopic (exact) mass is 472 g/mol. The molecule has 1 aliphatic rings. The predicted octanol–water partition coefficient (Wildman–Crippen LogP) is 3.77. The number of benzene rings is 3. The summed E-state index contributed by atoms with van der Waals surface area (Å²) in [6.45, 7) is 0.00477. The molecule has 0 saturated carbocycles. The number of carbonyl (C=O) groups is 2. The summed E-state index contributed by atoms with van der Waals surface area (Å²) >= 11 is 0. The lowest BCUT2D eigenvalue weighted by atomic mass is 10.1. The summed E-state index contributed by atoms with van der Waals surface area (Å²) < 4.78 is 22.2. The molecule has 1 amide bonds. The van der Waals surface area contributed by atoms with Gasteiger partial charge in [0.15, 0.2) is 11.5 Å². The van der Waals surface area contributed by atoms with Crippen molar-refractivity contribution in [2.75, 3.05) is 26.3 Å². The van der Waals surface area contributed by atoms with E-state index in [-0.39, 0.29) is 29.2 Å². The van der Waals surface area contributed by atoms with Gasteiger partial charge in [0.1, 0.15) is 5.75 Å². The number of methoxy groups -OCH3 is 2. The van der Waals surface area contributed by atoms with Crippen LogP contribution in [-0.4, -0.2) is 37.5 Å². The first kappa shape index (κ1) is 22.0. The van der Waals surface area contributed by atoms with Crippen LogP contribution in [0.15, 0.2) is 71.7 Å². The summed E-state index contributed by atoms with van der Waals surface area (Å²) in [4.78, 5) is 39.1. The lowest BCUT2D eigenvalue weighted by molar-refractivity contribution is 0.0601. The number of fused-ring (bicyclic) bond motifs is 2. The third-order valence-corrected chi connectivity index (χ3v) is 5.69. The van der Waals surface area contributed by atoms with E-state index < -0.39 is 11.9 Å². The number of hydrogen-bond donors (Lipinski definition) is 1. The maximum absolute atomic E-state index is 13.5. The highest BCUT2D eigenvalue weighted by Gasteiger charge is 2.24. The molecule has 0 unspecified atom stereocenters. The van der Waals surface area contributed by atoms with E-state index in [1.165, 1.54) is 30.0 Å². The van der Waals surface area contributed by atoms with Crippen molar-refractivity contribution in [2.24, 2.45) is 0 Å². The summed E-state index contributed by atoms with van der Waals surface area (Å²) in [7, 11) is 2.80. The normalized spacial score (nSPS) is 11.8. The second-order valence-corrected chi connectivity index (χ2v) is 7.66. The summed E-state index contributed by atoms with van der Waals surface area (Å²) in [5.41, 5.74) is 0.828. The molecule has 9 nitrogen and oxygen atoms in total. The first-order chi connectivity index (χ1) is 17.0. The van der Waals surface area contributed by atoms with Crippen molar-refractivity contribution in [3.05, 3.63) is 88.3 Å². The van der Waals surface area contributed by atoms with Crippen LogP contribution in [0.25, 0.3) is 16.5 Å². The van der Waals surface area contributed by atoms with Gasteiger partial charge in [-0.25, -0.2) is 4.79 Å². The Kier molecular flexibility index (Phi) is 5.58. The van der Waals surface area contributed by atoms with Crippen molar-refractivity contribution in [3.63, 3.8) is 0 Å². The van der Waals surface area contributed by atoms with Crippen LogP contribution >= 0.6 is 0 Å². The van der Waals surface area contributed by atoms with Gasteiger partial charge < -0.3 is 24.3 Å². The Bertz CT molecular complexity index is 1520. The Morgan fingerprint density at radius 3 is 2.29 bits per heavy atom. The van der Waals surface area contributed by atoms with Crippen molar-refractivity contribution in [1.29, 1.82) is 0 Å². The van der Waals surface area contributed by atoms with Gasteiger partial charge in [0.2, 0.25) is 6.79 Å². The average molecular weight is 472 g/mol. The summed E-state index contributed by atoms with van der Waals surface area (Å²) in [5.74, 6) is 0.237. The Balaban J connectivity index is 1.62. The molecule has 1 aromatic heterocycles. The third-order valence-electron chi connectivity index (χ3n) is 5.69.